The van der Waals surface area contributed by atoms with Crippen molar-refractivity contribution < 1.29 is 4.79 Å². The molecule has 0 bridgehead atoms. The van der Waals surface area contributed by atoms with Gasteiger partial charge in [-0.3, -0.25) is 9.78 Å². The Morgan fingerprint density at radius 1 is 1.00 bits per heavy atom. The highest BCUT2D eigenvalue weighted by Gasteiger charge is 2.27. The fourth-order valence-electron chi connectivity index (χ4n) is 4.17. The normalized spacial score (nSPS) is 14.4. The van der Waals surface area contributed by atoms with Gasteiger partial charge in [0.25, 0.3) is 0 Å². The molecule has 0 radical (unpaired) electrons. The van der Waals surface area contributed by atoms with E-state index in [-0.39, 0.29) is 11.8 Å². The molecule has 32 heavy (non-hydrogen) atoms. The van der Waals surface area contributed by atoms with E-state index in [2.05, 4.69) is 27.1 Å². The number of likely N-dealkylation sites (tertiary alicyclic amines) is 1. The van der Waals surface area contributed by atoms with Crippen LogP contribution in [-0.2, 0) is 11.2 Å². The summed E-state index contributed by atoms with van der Waals surface area (Å²) in [4.78, 5) is 32.8. The second-order valence-electron chi connectivity index (χ2n) is 7.91. The first kappa shape index (κ1) is 20.5. The number of amides is 1. The molecule has 1 aliphatic rings. The summed E-state index contributed by atoms with van der Waals surface area (Å²) < 4.78 is 0. The van der Waals surface area contributed by atoms with Crippen molar-refractivity contribution in [3.05, 3.63) is 83.3 Å². The van der Waals surface area contributed by atoms with Crippen LogP contribution in [0.2, 0.25) is 0 Å². The Hall–Kier alpha value is -3.45. The summed E-state index contributed by atoms with van der Waals surface area (Å²) in [5, 5.41) is 1.94. The van der Waals surface area contributed by atoms with Gasteiger partial charge in [-0.1, -0.05) is 30.3 Å². The molecular weight excluding hydrogens is 418 g/mol. The van der Waals surface area contributed by atoms with Crippen molar-refractivity contribution in [3.63, 3.8) is 0 Å². The summed E-state index contributed by atoms with van der Waals surface area (Å²) in [6, 6.07) is 14.2. The first-order valence-corrected chi connectivity index (χ1v) is 11.7. The molecule has 5 rings (SSSR count). The number of hydrogen-bond acceptors (Lipinski definition) is 6. The second-order valence-corrected chi connectivity index (χ2v) is 8.63. The molecule has 4 heterocycles. The Labute approximate surface area is 191 Å². The summed E-state index contributed by atoms with van der Waals surface area (Å²) >= 11 is 1.52. The van der Waals surface area contributed by atoms with E-state index < -0.39 is 0 Å². The minimum absolute atomic E-state index is 0.149. The van der Waals surface area contributed by atoms with Crippen LogP contribution in [0.4, 0.5) is 0 Å². The van der Waals surface area contributed by atoms with Crippen molar-refractivity contribution in [2.45, 2.75) is 25.2 Å². The zero-order valence-electron chi connectivity index (χ0n) is 17.6. The maximum atomic E-state index is 12.7. The topological polar surface area (TPSA) is 71.9 Å². The van der Waals surface area contributed by atoms with Crippen molar-refractivity contribution in [1.29, 1.82) is 0 Å². The van der Waals surface area contributed by atoms with Gasteiger partial charge in [0.1, 0.15) is 0 Å². The summed E-state index contributed by atoms with van der Waals surface area (Å²) in [7, 11) is 0. The maximum Gasteiger partial charge on any atom is 0.228 e. The van der Waals surface area contributed by atoms with Crippen molar-refractivity contribution >= 4 is 17.2 Å². The lowest BCUT2D eigenvalue weighted by molar-refractivity contribution is -0.131. The molecule has 1 fully saturated rings. The van der Waals surface area contributed by atoms with Crippen LogP contribution < -0.4 is 0 Å². The van der Waals surface area contributed by atoms with E-state index in [0.29, 0.717) is 12.2 Å². The molecular formula is C25H23N5OS. The van der Waals surface area contributed by atoms with E-state index in [4.69, 9.17) is 4.98 Å². The van der Waals surface area contributed by atoms with E-state index in [1.54, 1.807) is 17.9 Å². The summed E-state index contributed by atoms with van der Waals surface area (Å²) in [5.74, 6) is 1.11. The molecule has 0 atom stereocenters. The summed E-state index contributed by atoms with van der Waals surface area (Å²) in [5.41, 5.74) is 6.76. The predicted octanol–water partition coefficient (Wildman–Crippen LogP) is 4.61. The minimum Gasteiger partial charge on any atom is -0.342 e. The third-order valence-electron chi connectivity index (χ3n) is 5.87. The molecule has 0 N–H and O–H groups in total. The number of rotatable bonds is 5. The highest BCUT2D eigenvalue weighted by Crippen LogP contribution is 2.35. The molecule has 160 valence electrons. The number of thiazole rings is 1. The molecule has 1 aliphatic heterocycles. The van der Waals surface area contributed by atoms with Gasteiger partial charge in [-0.05, 0) is 30.5 Å². The van der Waals surface area contributed by atoms with Gasteiger partial charge in [0.15, 0.2) is 5.82 Å². The summed E-state index contributed by atoms with van der Waals surface area (Å²) in [6.45, 7) is 1.46. The van der Waals surface area contributed by atoms with E-state index in [9.17, 15) is 4.79 Å². The van der Waals surface area contributed by atoms with Crippen molar-refractivity contribution in [2.24, 2.45) is 0 Å². The first-order valence-electron chi connectivity index (χ1n) is 10.8. The lowest BCUT2D eigenvalue weighted by Gasteiger charge is -2.32. The molecule has 3 aromatic heterocycles. The highest BCUT2D eigenvalue weighted by molar-refractivity contribution is 7.07. The van der Waals surface area contributed by atoms with Crippen LogP contribution >= 0.6 is 11.3 Å². The summed E-state index contributed by atoms with van der Waals surface area (Å²) in [6.07, 6.45) is 7.61. The molecule has 0 aliphatic carbocycles. The van der Waals surface area contributed by atoms with Crippen molar-refractivity contribution in [2.75, 3.05) is 13.1 Å². The van der Waals surface area contributed by atoms with Gasteiger partial charge < -0.3 is 4.90 Å². The Morgan fingerprint density at radius 2 is 1.81 bits per heavy atom. The van der Waals surface area contributed by atoms with Gasteiger partial charge in [0.2, 0.25) is 5.91 Å². The average molecular weight is 442 g/mol. The van der Waals surface area contributed by atoms with E-state index in [0.717, 1.165) is 54.0 Å². The fourth-order valence-corrected chi connectivity index (χ4v) is 4.73. The number of pyridine rings is 1. The zero-order chi connectivity index (χ0) is 21.8. The Balaban J connectivity index is 1.40. The number of carbonyl (C=O) groups excluding carboxylic acids is 1. The molecule has 1 aromatic carbocycles. The van der Waals surface area contributed by atoms with Gasteiger partial charge in [0, 0.05) is 54.1 Å². The SMILES string of the molecule is O=C(Cc1cscn1)N1CCC(c2nc(-c3cccnc3)ncc2-c2ccccc2)CC1. The van der Waals surface area contributed by atoms with Crippen LogP contribution in [-0.4, -0.2) is 43.8 Å². The number of aromatic nitrogens is 4. The van der Waals surface area contributed by atoms with Crippen LogP contribution in [0, 0.1) is 0 Å². The smallest absolute Gasteiger partial charge is 0.228 e. The van der Waals surface area contributed by atoms with Crippen LogP contribution in [0.1, 0.15) is 30.1 Å². The molecule has 6 nitrogen and oxygen atoms in total. The first-order chi connectivity index (χ1) is 15.8. The Bertz CT molecular complexity index is 1170. The maximum absolute atomic E-state index is 12.7. The third-order valence-corrected chi connectivity index (χ3v) is 6.51. The standard InChI is InChI=1S/C25H23N5OS/c31-23(13-21-16-32-17-28-21)30-11-8-19(9-12-30)24-22(18-5-2-1-3-6-18)15-27-25(29-24)20-7-4-10-26-14-20/h1-7,10,14-17,19H,8-9,11-13H2. The quantitative estimate of drug-likeness (QED) is 0.452. The average Bonchev–Trinajstić information content (AvgIpc) is 3.38. The number of hydrogen-bond donors (Lipinski definition) is 0. The van der Waals surface area contributed by atoms with E-state index in [1.807, 2.05) is 46.8 Å². The monoisotopic (exact) mass is 441 g/mol. The molecule has 7 heteroatoms. The molecule has 0 spiro atoms. The number of carbonyl (C=O) groups is 1. The van der Waals surface area contributed by atoms with E-state index in [1.165, 1.54) is 11.3 Å². The number of piperidine rings is 1. The van der Waals surface area contributed by atoms with Crippen LogP contribution in [0.5, 0.6) is 0 Å². The molecule has 4 aromatic rings. The third kappa shape index (κ3) is 4.43. The fraction of sp³-hybridized carbons (Fsp3) is 0.240. The van der Waals surface area contributed by atoms with Crippen LogP contribution in [0.15, 0.2) is 71.9 Å². The number of nitrogens with zero attached hydrogens (tertiary/aromatic N) is 5. The van der Waals surface area contributed by atoms with Gasteiger partial charge in [-0.2, -0.15) is 0 Å². The zero-order valence-corrected chi connectivity index (χ0v) is 18.4. The molecule has 1 saturated heterocycles. The van der Waals surface area contributed by atoms with Gasteiger partial charge in [-0.25, -0.2) is 15.0 Å². The Morgan fingerprint density at radius 3 is 2.53 bits per heavy atom. The van der Waals surface area contributed by atoms with Crippen molar-refractivity contribution in [3.8, 4) is 22.5 Å². The molecule has 0 saturated carbocycles. The van der Waals surface area contributed by atoms with Crippen LogP contribution in [0.25, 0.3) is 22.5 Å². The van der Waals surface area contributed by atoms with Gasteiger partial charge in [-0.15, -0.1) is 11.3 Å². The largest absolute Gasteiger partial charge is 0.342 e. The highest BCUT2D eigenvalue weighted by atomic mass is 32.1. The molecule has 1 amide bonds. The lowest BCUT2D eigenvalue weighted by Crippen LogP contribution is -2.39. The van der Waals surface area contributed by atoms with Crippen LogP contribution in [0.3, 0.4) is 0 Å². The number of benzene rings is 1. The Kier molecular flexibility index (Phi) is 5.98. The lowest BCUT2D eigenvalue weighted by atomic mass is 9.88. The second kappa shape index (κ2) is 9.36. The molecule has 0 unspecified atom stereocenters. The van der Waals surface area contributed by atoms with Gasteiger partial charge in [0.05, 0.1) is 23.3 Å². The van der Waals surface area contributed by atoms with E-state index >= 15 is 0 Å². The van der Waals surface area contributed by atoms with Gasteiger partial charge >= 0.3 is 0 Å². The predicted molar refractivity (Wildman–Crippen MR) is 125 cm³/mol. The minimum atomic E-state index is 0.149. The van der Waals surface area contributed by atoms with Crippen molar-refractivity contribution in [1.82, 2.24) is 24.8 Å².